The van der Waals surface area contributed by atoms with Crippen molar-refractivity contribution in [3.63, 3.8) is 0 Å². The first-order valence-electron chi connectivity index (χ1n) is 9.75. The predicted molar refractivity (Wildman–Crippen MR) is 121 cm³/mol. The van der Waals surface area contributed by atoms with Crippen molar-refractivity contribution in [1.82, 2.24) is 15.1 Å². The molecule has 1 unspecified atom stereocenters. The zero-order valence-corrected chi connectivity index (χ0v) is 19.1. The third-order valence-electron chi connectivity index (χ3n) is 4.89. The molecule has 8 nitrogen and oxygen atoms in total. The highest BCUT2D eigenvalue weighted by Gasteiger charge is 2.35. The normalized spacial score (nSPS) is 17.5. The first-order chi connectivity index (χ1) is 15.0. The minimum atomic E-state index is -3.11. The molecule has 1 N–H and O–H groups in total. The second-order valence-electron chi connectivity index (χ2n) is 7.16. The van der Waals surface area contributed by atoms with Crippen LogP contribution in [-0.4, -0.2) is 52.7 Å². The molecule has 1 aliphatic rings. The lowest BCUT2D eigenvalue weighted by Crippen LogP contribution is -2.41. The highest BCUT2D eigenvalue weighted by atomic mass is 32.2. The van der Waals surface area contributed by atoms with E-state index in [2.05, 4.69) is 15.5 Å². The fourth-order valence-corrected chi connectivity index (χ4v) is 6.70. The molecule has 1 aliphatic heterocycles. The molecule has 0 spiro atoms. The van der Waals surface area contributed by atoms with Crippen molar-refractivity contribution in [2.75, 3.05) is 22.6 Å². The van der Waals surface area contributed by atoms with Crippen molar-refractivity contribution < 1.29 is 17.6 Å². The molecule has 2 aromatic heterocycles. The molecule has 0 radical (unpaired) electrons. The molecule has 11 heteroatoms. The van der Waals surface area contributed by atoms with E-state index in [-0.39, 0.29) is 35.8 Å². The number of furan rings is 1. The minimum absolute atomic E-state index is 0.00350. The number of anilines is 1. The van der Waals surface area contributed by atoms with Crippen LogP contribution in [0.15, 0.2) is 57.5 Å². The van der Waals surface area contributed by atoms with Gasteiger partial charge < -0.3 is 14.6 Å². The SMILES string of the molecule is O=C(CSc1nnc(NCc2ccccc2)s1)N(Cc1ccco1)C1CCS(=O)(=O)C1. The van der Waals surface area contributed by atoms with Gasteiger partial charge in [-0.25, -0.2) is 8.42 Å². The van der Waals surface area contributed by atoms with Crippen molar-refractivity contribution >= 4 is 44.0 Å². The van der Waals surface area contributed by atoms with Gasteiger partial charge in [-0.1, -0.05) is 53.4 Å². The molecule has 164 valence electrons. The first-order valence-corrected chi connectivity index (χ1v) is 13.4. The van der Waals surface area contributed by atoms with Gasteiger partial charge in [0.05, 0.1) is 30.1 Å². The largest absolute Gasteiger partial charge is 0.467 e. The number of aromatic nitrogens is 2. The second-order valence-corrected chi connectivity index (χ2v) is 11.6. The maximum Gasteiger partial charge on any atom is 0.233 e. The van der Waals surface area contributed by atoms with Gasteiger partial charge in [0.2, 0.25) is 11.0 Å². The number of carbonyl (C=O) groups excluding carboxylic acids is 1. The maximum absolute atomic E-state index is 13.0. The molecule has 0 saturated carbocycles. The highest BCUT2D eigenvalue weighted by molar-refractivity contribution is 8.01. The number of carbonyl (C=O) groups is 1. The number of thioether (sulfide) groups is 1. The Balaban J connectivity index is 1.34. The van der Waals surface area contributed by atoms with E-state index in [1.54, 1.807) is 23.3 Å². The molecule has 1 atom stereocenters. The molecular formula is C20H22N4O4S3. The molecule has 31 heavy (non-hydrogen) atoms. The van der Waals surface area contributed by atoms with Crippen LogP contribution < -0.4 is 5.32 Å². The first kappa shape index (κ1) is 21.8. The molecule has 1 saturated heterocycles. The number of rotatable bonds is 9. The Bertz CT molecular complexity index is 1100. The van der Waals surface area contributed by atoms with E-state index < -0.39 is 9.84 Å². The number of hydrogen-bond donors (Lipinski definition) is 1. The van der Waals surface area contributed by atoms with Gasteiger partial charge in [-0.15, -0.1) is 10.2 Å². The average molecular weight is 479 g/mol. The van der Waals surface area contributed by atoms with Crippen LogP contribution in [0.1, 0.15) is 17.7 Å². The smallest absolute Gasteiger partial charge is 0.233 e. The van der Waals surface area contributed by atoms with Crippen molar-refractivity contribution in [3.05, 3.63) is 60.1 Å². The number of amides is 1. The zero-order chi connectivity index (χ0) is 21.7. The molecule has 4 rings (SSSR count). The van der Waals surface area contributed by atoms with Crippen LogP contribution in [0, 0.1) is 0 Å². The van der Waals surface area contributed by atoms with Crippen LogP contribution in [0.5, 0.6) is 0 Å². The van der Waals surface area contributed by atoms with E-state index in [0.717, 1.165) is 5.56 Å². The lowest BCUT2D eigenvalue weighted by atomic mass is 10.2. The van der Waals surface area contributed by atoms with E-state index in [1.807, 2.05) is 30.3 Å². The summed E-state index contributed by atoms with van der Waals surface area (Å²) in [4.78, 5) is 14.6. The Hall–Kier alpha value is -2.37. The number of hydrogen-bond acceptors (Lipinski definition) is 9. The maximum atomic E-state index is 13.0. The summed E-state index contributed by atoms with van der Waals surface area (Å²) in [5.74, 6) is 0.754. The van der Waals surface area contributed by atoms with Crippen LogP contribution in [0.25, 0.3) is 0 Å². The van der Waals surface area contributed by atoms with E-state index >= 15 is 0 Å². The Labute approximate surface area is 189 Å². The van der Waals surface area contributed by atoms with Gasteiger partial charge >= 0.3 is 0 Å². The monoisotopic (exact) mass is 478 g/mol. The molecule has 1 fully saturated rings. The topological polar surface area (TPSA) is 105 Å². The van der Waals surface area contributed by atoms with Crippen LogP contribution in [0.3, 0.4) is 0 Å². The number of benzene rings is 1. The average Bonchev–Trinajstić information content (AvgIpc) is 3.51. The Morgan fingerprint density at radius 3 is 2.77 bits per heavy atom. The van der Waals surface area contributed by atoms with Crippen molar-refractivity contribution in [2.24, 2.45) is 0 Å². The summed E-state index contributed by atoms with van der Waals surface area (Å²) in [5.41, 5.74) is 1.14. The van der Waals surface area contributed by atoms with Gasteiger partial charge in [0.1, 0.15) is 5.76 Å². The van der Waals surface area contributed by atoms with E-state index in [9.17, 15) is 13.2 Å². The summed E-state index contributed by atoms with van der Waals surface area (Å²) < 4.78 is 29.9. The van der Waals surface area contributed by atoms with Crippen molar-refractivity contribution in [1.29, 1.82) is 0 Å². The van der Waals surface area contributed by atoms with Crippen molar-refractivity contribution in [3.8, 4) is 0 Å². The van der Waals surface area contributed by atoms with Gasteiger partial charge in [-0.2, -0.15) is 0 Å². The van der Waals surface area contributed by atoms with Crippen LogP contribution >= 0.6 is 23.1 Å². The van der Waals surface area contributed by atoms with E-state index in [4.69, 9.17) is 4.42 Å². The third kappa shape index (κ3) is 6.08. The Kier molecular flexibility index (Phi) is 6.93. The lowest BCUT2D eigenvalue weighted by molar-refractivity contribution is -0.131. The standard InChI is InChI=1S/C20H22N4O4S3/c25-18(24(12-17-7-4-9-28-17)16-8-10-31(26,27)14-16)13-29-20-23-22-19(30-20)21-11-15-5-2-1-3-6-15/h1-7,9,16H,8,10-14H2,(H,21,22). The third-order valence-corrected chi connectivity index (χ3v) is 8.64. The zero-order valence-electron chi connectivity index (χ0n) is 16.6. The van der Waals surface area contributed by atoms with E-state index in [0.29, 0.717) is 28.2 Å². The fourth-order valence-electron chi connectivity index (χ4n) is 3.33. The molecule has 3 aromatic rings. The minimum Gasteiger partial charge on any atom is -0.467 e. The molecule has 1 amide bonds. The van der Waals surface area contributed by atoms with Gasteiger partial charge in [0.25, 0.3) is 0 Å². The summed E-state index contributed by atoms with van der Waals surface area (Å²) in [6.07, 6.45) is 2.00. The summed E-state index contributed by atoms with van der Waals surface area (Å²) in [7, 11) is -3.11. The molecule has 0 bridgehead atoms. The second kappa shape index (κ2) is 9.84. The summed E-state index contributed by atoms with van der Waals surface area (Å²) >= 11 is 2.69. The van der Waals surface area contributed by atoms with Crippen LogP contribution in [-0.2, 0) is 27.7 Å². The highest BCUT2D eigenvalue weighted by Crippen LogP contribution is 2.27. The van der Waals surface area contributed by atoms with Gasteiger partial charge in [-0.05, 0) is 24.1 Å². The van der Waals surface area contributed by atoms with Gasteiger partial charge in [-0.3, -0.25) is 4.79 Å². The van der Waals surface area contributed by atoms with Crippen LogP contribution in [0.2, 0.25) is 0 Å². The van der Waals surface area contributed by atoms with E-state index in [1.165, 1.54) is 23.1 Å². The predicted octanol–water partition coefficient (Wildman–Crippen LogP) is 3.05. The quantitative estimate of drug-likeness (QED) is 0.468. The number of nitrogens with zero attached hydrogens (tertiary/aromatic N) is 3. The number of nitrogens with one attached hydrogen (secondary N) is 1. The molecule has 0 aliphatic carbocycles. The molecule has 1 aromatic carbocycles. The fraction of sp³-hybridized carbons (Fsp3) is 0.350. The summed E-state index contributed by atoms with van der Waals surface area (Å²) in [5, 5.41) is 12.2. The molecular weight excluding hydrogens is 456 g/mol. The van der Waals surface area contributed by atoms with Crippen LogP contribution in [0.4, 0.5) is 5.13 Å². The molecule has 3 heterocycles. The van der Waals surface area contributed by atoms with Gasteiger partial charge in [0, 0.05) is 12.6 Å². The van der Waals surface area contributed by atoms with Gasteiger partial charge in [0.15, 0.2) is 14.2 Å². The lowest BCUT2D eigenvalue weighted by Gasteiger charge is -2.27. The number of sulfone groups is 1. The summed E-state index contributed by atoms with van der Waals surface area (Å²) in [6, 6.07) is 13.2. The Morgan fingerprint density at radius 1 is 1.23 bits per heavy atom. The van der Waals surface area contributed by atoms with Crippen molar-refractivity contribution in [2.45, 2.75) is 29.9 Å². The summed E-state index contributed by atoms with van der Waals surface area (Å²) in [6.45, 7) is 0.902. The Morgan fingerprint density at radius 2 is 2.06 bits per heavy atom.